The molecule has 0 radical (unpaired) electrons. The van der Waals surface area contributed by atoms with Crippen LogP contribution < -0.4 is 0 Å². The van der Waals surface area contributed by atoms with Crippen molar-refractivity contribution in [3.05, 3.63) is 35.9 Å². The maximum Gasteiger partial charge on any atom is 0.310 e. The number of carbonyl (C=O) groups excluding carboxylic acids is 2. The van der Waals surface area contributed by atoms with Crippen LogP contribution in [-0.2, 0) is 30.5 Å². The first-order valence-corrected chi connectivity index (χ1v) is 9.53. The van der Waals surface area contributed by atoms with E-state index in [1.54, 1.807) is 6.92 Å². The van der Waals surface area contributed by atoms with Crippen LogP contribution in [0.15, 0.2) is 30.3 Å². The second kappa shape index (κ2) is 10.1. The predicted octanol–water partition coefficient (Wildman–Crippen LogP) is 3.58. The third-order valence-electron chi connectivity index (χ3n) is 5.08. The normalized spacial score (nSPS) is 23.3. The SMILES string of the molecule is CCC(CC(=O)O)OC(=O)C1CC(C)CCC1C(=O)OCc1ccccc1. The van der Waals surface area contributed by atoms with Crippen molar-refractivity contribution in [2.45, 2.75) is 58.7 Å². The lowest BCUT2D eigenvalue weighted by molar-refractivity contribution is -0.169. The Morgan fingerprint density at radius 3 is 2.44 bits per heavy atom. The van der Waals surface area contributed by atoms with Gasteiger partial charge in [0, 0.05) is 0 Å². The number of hydrogen-bond acceptors (Lipinski definition) is 5. The molecule has 2 rings (SSSR count). The van der Waals surface area contributed by atoms with Crippen molar-refractivity contribution < 1.29 is 29.0 Å². The predicted molar refractivity (Wildman–Crippen MR) is 98.7 cm³/mol. The quantitative estimate of drug-likeness (QED) is 0.698. The van der Waals surface area contributed by atoms with E-state index in [2.05, 4.69) is 0 Å². The lowest BCUT2D eigenvalue weighted by atomic mass is 9.74. The summed E-state index contributed by atoms with van der Waals surface area (Å²) in [6.07, 6.45) is 1.49. The third-order valence-corrected chi connectivity index (χ3v) is 5.08. The van der Waals surface area contributed by atoms with Gasteiger partial charge in [0.1, 0.15) is 12.7 Å². The van der Waals surface area contributed by atoms with Gasteiger partial charge in [0.2, 0.25) is 0 Å². The van der Waals surface area contributed by atoms with Crippen molar-refractivity contribution in [3.8, 4) is 0 Å². The van der Waals surface area contributed by atoms with Crippen molar-refractivity contribution in [3.63, 3.8) is 0 Å². The Labute approximate surface area is 159 Å². The number of ether oxygens (including phenoxy) is 2. The molecular weight excluding hydrogens is 348 g/mol. The number of benzene rings is 1. The number of carboxylic acids is 1. The van der Waals surface area contributed by atoms with Gasteiger partial charge in [0.25, 0.3) is 0 Å². The number of carbonyl (C=O) groups is 3. The number of carboxylic acid groups (broad SMARTS) is 1. The minimum atomic E-state index is -1.01. The molecule has 148 valence electrons. The van der Waals surface area contributed by atoms with Crippen LogP contribution in [0, 0.1) is 17.8 Å². The second-order valence-electron chi connectivity index (χ2n) is 7.29. The van der Waals surface area contributed by atoms with Crippen LogP contribution in [0.2, 0.25) is 0 Å². The highest BCUT2D eigenvalue weighted by molar-refractivity contribution is 5.82. The second-order valence-corrected chi connectivity index (χ2v) is 7.29. The van der Waals surface area contributed by atoms with E-state index in [4.69, 9.17) is 14.6 Å². The fourth-order valence-electron chi connectivity index (χ4n) is 3.47. The lowest BCUT2D eigenvalue weighted by Crippen LogP contribution is -2.38. The van der Waals surface area contributed by atoms with Crippen LogP contribution in [-0.4, -0.2) is 29.1 Å². The van der Waals surface area contributed by atoms with Crippen LogP contribution in [0.4, 0.5) is 0 Å². The molecule has 27 heavy (non-hydrogen) atoms. The van der Waals surface area contributed by atoms with E-state index < -0.39 is 29.9 Å². The van der Waals surface area contributed by atoms with Gasteiger partial charge in [-0.05, 0) is 37.2 Å². The van der Waals surface area contributed by atoms with E-state index in [9.17, 15) is 14.4 Å². The Hall–Kier alpha value is -2.37. The molecule has 1 aliphatic carbocycles. The molecule has 0 bridgehead atoms. The first-order valence-electron chi connectivity index (χ1n) is 9.53. The molecule has 1 fully saturated rings. The van der Waals surface area contributed by atoms with Crippen molar-refractivity contribution >= 4 is 17.9 Å². The summed E-state index contributed by atoms with van der Waals surface area (Å²) in [5.74, 6) is -2.71. The van der Waals surface area contributed by atoms with E-state index in [-0.39, 0.29) is 19.0 Å². The summed E-state index contributed by atoms with van der Waals surface area (Å²) in [6, 6.07) is 9.39. The van der Waals surface area contributed by atoms with Gasteiger partial charge in [-0.1, -0.05) is 44.2 Å². The molecule has 0 aliphatic heterocycles. The molecule has 6 heteroatoms. The Kier molecular flexibility index (Phi) is 7.82. The van der Waals surface area contributed by atoms with E-state index in [1.807, 2.05) is 37.3 Å². The first kappa shape index (κ1) is 20.9. The van der Waals surface area contributed by atoms with Gasteiger partial charge in [0.05, 0.1) is 18.3 Å². The number of esters is 2. The minimum absolute atomic E-state index is 0.171. The summed E-state index contributed by atoms with van der Waals surface area (Å²) >= 11 is 0. The molecule has 0 amide bonds. The maximum absolute atomic E-state index is 12.7. The van der Waals surface area contributed by atoms with Gasteiger partial charge in [-0.25, -0.2) is 0 Å². The molecule has 4 unspecified atom stereocenters. The first-order chi connectivity index (χ1) is 12.9. The van der Waals surface area contributed by atoms with Crippen molar-refractivity contribution in [1.29, 1.82) is 0 Å². The summed E-state index contributed by atoms with van der Waals surface area (Å²) in [5, 5.41) is 8.93. The number of hydrogen-bond donors (Lipinski definition) is 1. The summed E-state index contributed by atoms with van der Waals surface area (Å²) in [4.78, 5) is 36.2. The fourth-order valence-corrected chi connectivity index (χ4v) is 3.47. The van der Waals surface area contributed by atoms with E-state index in [0.29, 0.717) is 25.2 Å². The smallest absolute Gasteiger partial charge is 0.310 e. The third kappa shape index (κ3) is 6.38. The van der Waals surface area contributed by atoms with Crippen LogP contribution >= 0.6 is 0 Å². The van der Waals surface area contributed by atoms with E-state index in [0.717, 1.165) is 12.0 Å². The Morgan fingerprint density at radius 2 is 1.81 bits per heavy atom. The molecule has 0 aromatic heterocycles. The summed E-state index contributed by atoms with van der Waals surface area (Å²) in [6.45, 7) is 3.99. The van der Waals surface area contributed by atoms with Gasteiger partial charge in [-0.15, -0.1) is 0 Å². The molecule has 0 heterocycles. The molecule has 1 aliphatic rings. The lowest BCUT2D eigenvalue weighted by Gasteiger charge is -2.32. The monoisotopic (exact) mass is 376 g/mol. The zero-order chi connectivity index (χ0) is 19.8. The topological polar surface area (TPSA) is 89.9 Å². The highest BCUT2D eigenvalue weighted by Crippen LogP contribution is 2.36. The molecule has 1 N–H and O–H groups in total. The Balaban J connectivity index is 2.00. The van der Waals surface area contributed by atoms with Gasteiger partial charge >= 0.3 is 17.9 Å². The average Bonchev–Trinajstić information content (AvgIpc) is 2.65. The number of aliphatic carboxylic acids is 1. The number of rotatable bonds is 8. The summed E-state index contributed by atoms with van der Waals surface area (Å²) in [5.41, 5.74) is 0.890. The van der Waals surface area contributed by atoms with Crippen LogP contribution in [0.25, 0.3) is 0 Å². The minimum Gasteiger partial charge on any atom is -0.481 e. The molecule has 6 nitrogen and oxygen atoms in total. The summed E-state index contributed by atoms with van der Waals surface area (Å²) in [7, 11) is 0. The molecule has 1 aromatic carbocycles. The zero-order valence-electron chi connectivity index (χ0n) is 15.9. The van der Waals surface area contributed by atoms with E-state index >= 15 is 0 Å². The Bertz CT molecular complexity index is 641. The van der Waals surface area contributed by atoms with Gasteiger partial charge in [-0.2, -0.15) is 0 Å². The summed E-state index contributed by atoms with van der Waals surface area (Å²) < 4.78 is 10.9. The van der Waals surface area contributed by atoms with Crippen LogP contribution in [0.5, 0.6) is 0 Å². The van der Waals surface area contributed by atoms with E-state index in [1.165, 1.54) is 0 Å². The van der Waals surface area contributed by atoms with Gasteiger partial charge < -0.3 is 14.6 Å². The van der Waals surface area contributed by atoms with Gasteiger partial charge in [0.15, 0.2) is 0 Å². The van der Waals surface area contributed by atoms with Crippen molar-refractivity contribution in [1.82, 2.24) is 0 Å². The van der Waals surface area contributed by atoms with Gasteiger partial charge in [-0.3, -0.25) is 14.4 Å². The standard InChI is InChI=1S/C21H28O6/c1-3-16(12-19(22)23)27-21(25)18-11-14(2)9-10-17(18)20(24)26-13-15-7-5-4-6-8-15/h4-8,14,16-18H,3,9-13H2,1-2H3,(H,22,23). The molecule has 0 saturated heterocycles. The molecule has 4 atom stereocenters. The largest absolute Gasteiger partial charge is 0.481 e. The molecular formula is C21H28O6. The zero-order valence-corrected chi connectivity index (χ0v) is 15.9. The Morgan fingerprint density at radius 1 is 1.11 bits per heavy atom. The van der Waals surface area contributed by atoms with Crippen molar-refractivity contribution in [2.75, 3.05) is 0 Å². The van der Waals surface area contributed by atoms with Crippen LogP contribution in [0.3, 0.4) is 0 Å². The highest BCUT2D eigenvalue weighted by Gasteiger charge is 2.40. The molecule has 0 spiro atoms. The fraction of sp³-hybridized carbons (Fsp3) is 0.571. The molecule has 1 aromatic rings. The molecule has 1 saturated carbocycles. The maximum atomic E-state index is 12.7. The van der Waals surface area contributed by atoms with Crippen LogP contribution in [0.1, 0.15) is 51.5 Å². The highest BCUT2D eigenvalue weighted by atomic mass is 16.5. The van der Waals surface area contributed by atoms with Crippen molar-refractivity contribution in [2.24, 2.45) is 17.8 Å². The average molecular weight is 376 g/mol.